The van der Waals surface area contributed by atoms with Gasteiger partial charge in [0.15, 0.2) is 5.96 Å². The number of hydrogen-bond donors (Lipinski definition) is 1. The molecule has 0 radical (unpaired) electrons. The summed E-state index contributed by atoms with van der Waals surface area (Å²) < 4.78 is 11.5. The maximum atomic E-state index is 5.76. The van der Waals surface area contributed by atoms with Gasteiger partial charge in [-0.3, -0.25) is 4.99 Å². The Morgan fingerprint density at radius 2 is 2.17 bits per heavy atom. The van der Waals surface area contributed by atoms with Gasteiger partial charge in [0, 0.05) is 33.7 Å². The lowest BCUT2D eigenvalue weighted by Crippen LogP contribution is -2.49. The predicted molar refractivity (Wildman–Crippen MR) is 109 cm³/mol. The van der Waals surface area contributed by atoms with Crippen LogP contribution < -0.4 is 10.1 Å². The lowest BCUT2D eigenvalue weighted by atomic mass is 10.3. The summed E-state index contributed by atoms with van der Waals surface area (Å²) in [6, 6.07) is 9.85. The first-order chi connectivity index (χ1) is 11.2. The van der Waals surface area contributed by atoms with Crippen molar-refractivity contribution in [3.8, 4) is 5.75 Å². The van der Waals surface area contributed by atoms with Crippen LogP contribution in [0.25, 0.3) is 0 Å². The molecule has 7 heteroatoms. The molecule has 0 aliphatic carbocycles. The molecule has 1 N–H and O–H groups in total. The molecule has 6 nitrogen and oxygen atoms in total. The van der Waals surface area contributed by atoms with Crippen LogP contribution in [0.2, 0.25) is 0 Å². The Labute approximate surface area is 162 Å². The van der Waals surface area contributed by atoms with Gasteiger partial charge in [-0.25, -0.2) is 0 Å². The smallest absolute Gasteiger partial charge is 0.193 e. The highest BCUT2D eigenvalue weighted by Crippen LogP contribution is 2.07. The van der Waals surface area contributed by atoms with Crippen molar-refractivity contribution in [3.05, 3.63) is 30.3 Å². The molecule has 0 saturated carbocycles. The average molecular weight is 448 g/mol. The van der Waals surface area contributed by atoms with Crippen molar-refractivity contribution < 1.29 is 9.47 Å². The molecule has 1 aliphatic rings. The number of halogens is 1. The number of guanidine groups is 1. The number of likely N-dealkylation sites (N-methyl/N-ethyl adjacent to an activating group) is 2. The van der Waals surface area contributed by atoms with Crippen LogP contribution in [0.1, 0.15) is 0 Å². The van der Waals surface area contributed by atoms with Gasteiger partial charge >= 0.3 is 0 Å². The summed E-state index contributed by atoms with van der Waals surface area (Å²) in [5.41, 5.74) is 0. The first-order valence-electron chi connectivity index (χ1n) is 8.09. The number of ether oxygens (including phenoxy) is 2. The van der Waals surface area contributed by atoms with Crippen molar-refractivity contribution >= 4 is 29.9 Å². The Kier molecular flexibility index (Phi) is 10.0. The fourth-order valence-corrected chi connectivity index (χ4v) is 2.50. The number of rotatable bonds is 6. The number of morpholine rings is 1. The quantitative estimate of drug-likeness (QED) is 0.407. The molecule has 1 saturated heterocycles. The van der Waals surface area contributed by atoms with Gasteiger partial charge in [0.25, 0.3) is 0 Å². The maximum absolute atomic E-state index is 5.76. The fraction of sp³-hybridized carbons (Fsp3) is 0.588. The van der Waals surface area contributed by atoms with E-state index in [0.717, 1.165) is 44.5 Å². The third-order valence-electron chi connectivity index (χ3n) is 3.84. The number of aliphatic imine (C=N–C) groups is 1. The van der Waals surface area contributed by atoms with Crippen molar-refractivity contribution in [2.45, 2.75) is 6.10 Å². The molecule has 0 spiro atoms. The van der Waals surface area contributed by atoms with Gasteiger partial charge in [0.2, 0.25) is 0 Å². The van der Waals surface area contributed by atoms with Crippen molar-refractivity contribution in [1.82, 2.24) is 15.1 Å². The first-order valence-corrected chi connectivity index (χ1v) is 8.09. The molecule has 0 amide bonds. The summed E-state index contributed by atoms with van der Waals surface area (Å²) in [5.74, 6) is 1.75. The van der Waals surface area contributed by atoms with Gasteiger partial charge in [-0.15, -0.1) is 24.0 Å². The second-order valence-electron chi connectivity index (χ2n) is 5.77. The zero-order valence-electron chi connectivity index (χ0n) is 14.8. The summed E-state index contributed by atoms with van der Waals surface area (Å²) in [7, 11) is 5.93. The number of nitrogens with zero attached hydrogens (tertiary/aromatic N) is 3. The lowest BCUT2D eigenvalue weighted by Gasteiger charge is -2.31. The zero-order chi connectivity index (χ0) is 16.5. The highest BCUT2D eigenvalue weighted by Gasteiger charge is 2.18. The Bertz CT molecular complexity index is 487. The number of nitrogens with one attached hydrogen (secondary N) is 1. The largest absolute Gasteiger partial charge is 0.492 e. The first kappa shape index (κ1) is 21.0. The van der Waals surface area contributed by atoms with Crippen molar-refractivity contribution in [1.29, 1.82) is 0 Å². The Hall–Kier alpha value is -1.06. The van der Waals surface area contributed by atoms with E-state index < -0.39 is 0 Å². The zero-order valence-corrected chi connectivity index (χ0v) is 17.1. The molecule has 24 heavy (non-hydrogen) atoms. The Balaban J connectivity index is 0.00000288. The predicted octanol–water partition coefficient (Wildman–Crippen LogP) is 1.52. The topological polar surface area (TPSA) is 49.3 Å². The number of benzene rings is 1. The van der Waals surface area contributed by atoms with Crippen LogP contribution in [-0.2, 0) is 4.74 Å². The summed E-state index contributed by atoms with van der Waals surface area (Å²) in [6.45, 7) is 4.89. The summed E-state index contributed by atoms with van der Waals surface area (Å²) in [5, 5.41) is 3.38. The van der Waals surface area contributed by atoms with E-state index in [1.807, 2.05) is 37.4 Å². The number of hydrogen-bond acceptors (Lipinski definition) is 4. The molecule has 1 atom stereocenters. The average Bonchev–Trinajstić information content (AvgIpc) is 2.56. The van der Waals surface area contributed by atoms with Crippen LogP contribution >= 0.6 is 24.0 Å². The minimum Gasteiger partial charge on any atom is -0.492 e. The van der Waals surface area contributed by atoms with Gasteiger partial charge < -0.3 is 24.6 Å². The molecular weight excluding hydrogens is 419 g/mol. The summed E-state index contributed by atoms with van der Waals surface area (Å²) in [4.78, 5) is 8.68. The monoisotopic (exact) mass is 448 g/mol. The minimum absolute atomic E-state index is 0. The van der Waals surface area contributed by atoms with E-state index in [1.165, 1.54) is 0 Å². The van der Waals surface area contributed by atoms with Crippen molar-refractivity contribution in [2.24, 2.45) is 4.99 Å². The standard InChI is InChI=1S/C17H28N4O2.HI/c1-18-17(19-13-16-14-20(2)9-11-23-16)21(3)10-12-22-15-7-5-4-6-8-15;/h4-8,16H,9-14H2,1-3H3,(H,18,19);1H. The third-order valence-corrected chi connectivity index (χ3v) is 3.84. The summed E-state index contributed by atoms with van der Waals surface area (Å²) >= 11 is 0. The van der Waals surface area contributed by atoms with E-state index in [-0.39, 0.29) is 30.1 Å². The van der Waals surface area contributed by atoms with E-state index >= 15 is 0 Å². The van der Waals surface area contributed by atoms with Crippen LogP contribution in [0.5, 0.6) is 5.75 Å². The molecule has 136 valence electrons. The molecule has 1 aliphatic heterocycles. The van der Waals surface area contributed by atoms with Crippen molar-refractivity contribution in [3.63, 3.8) is 0 Å². The molecule has 0 bridgehead atoms. The normalized spacial score (nSPS) is 18.6. The fourth-order valence-electron chi connectivity index (χ4n) is 2.50. The van der Waals surface area contributed by atoms with Crippen LogP contribution in [-0.4, -0.2) is 82.4 Å². The second-order valence-corrected chi connectivity index (χ2v) is 5.77. The van der Waals surface area contributed by atoms with Gasteiger partial charge in [0.1, 0.15) is 12.4 Å². The van der Waals surface area contributed by atoms with E-state index in [0.29, 0.717) is 6.61 Å². The molecule has 0 aromatic heterocycles. The van der Waals surface area contributed by atoms with Gasteiger partial charge in [-0.2, -0.15) is 0 Å². The molecule has 1 aromatic rings. The SMILES string of the molecule is CN=C(NCC1CN(C)CCO1)N(C)CCOc1ccccc1.I. The molecule has 2 rings (SSSR count). The van der Waals surface area contributed by atoms with E-state index in [4.69, 9.17) is 9.47 Å². The number of para-hydroxylation sites is 1. The molecule has 1 unspecified atom stereocenters. The van der Waals surface area contributed by atoms with E-state index in [9.17, 15) is 0 Å². The lowest BCUT2D eigenvalue weighted by molar-refractivity contribution is -0.0163. The molecule has 1 heterocycles. The van der Waals surface area contributed by atoms with Gasteiger partial charge in [-0.1, -0.05) is 18.2 Å². The summed E-state index contributed by atoms with van der Waals surface area (Å²) in [6.07, 6.45) is 0.208. The van der Waals surface area contributed by atoms with E-state index in [1.54, 1.807) is 7.05 Å². The van der Waals surface area contributed by atoms with Crippen LogP contribution in [0.4, 0.5) is 0 Å². The van der Waals surface area contributed by atoms with Crippen LogP contribution in [0.15, 0.2) is 35.3 Å². The molecule has 1 aromatic carbocycles. The Morgan fingerprint density at radius 1 is 1.42 bits per heavy atom. The minimum atomic E-state index is 0. The van der Waals surface area contributed by atoms with E-state index in [2.05, 4.69) is 27.2 Å². The highest BCUT2D eigenvalue weighted by atomic mass is 127. The highest BCUT2D eigenvalue weighted by molar-refractivity contribution is 14.0. The third kappa shape index (κ3) is 7.23. The van der Waals surface area contributed by atoms with Gasteiger partial charge in [-0.05, 0) is 19.2 Å². The van der Waals surface area contributed by atoms with Crippen LogP contribution in [0, 0.1) is 0 Å². The maximum Gasteiger partial charge on any atom is 0.193 e. The molecule has 1 fully saturated rings. The second kappa shape index (κ2) is 11.5. The molecular formula is C17H29IN4O2. The van der Waals surface area contributed by atoms with Gasteiger partial charge in [0.05, 0.1) is 19.3 Å². The van der Waals surface area contributed by atoms with Crippen molar-refractivity contribution in [2.75, 3.05) is 60.5 Å². The Morgan fingerprint density at radius 3 is 2.83 bits per heavy atom. The van der Waals surface area contributed by atoms with Crippen LogP contribution in [0.3, 0.4) is 0 Å².